The number of aliphatic carboxylic acids is 1. The van der Waals surface area contributed by atoms with Gasteiger partial charge in [0.05, 0.1) is 5.92 Å². The molecule has 0 amide bonds. The third-order valence-corrected chi connectivity index (χ3v) is 1.83. The lowest BCUT2D eigenvalue weighted by Gasteiger charge is -2.08. The van der Waals surface area contributed by atoms with Crippen LogP contribution < -0.4 is 0 Å². The second-order valence-corrected chi connectivity index (χ2v) is 2.76. The number of phenolic OH excluding ortho intramolecular Hbond substituents is 1. The van der Waals surface area contributed by atoms with Crippen LogP contribution in [0.1, 0.15) is 18.4 Å². The Labute approximate surface area is 74.4 Å². The van der Waals surface area contributed by atoms with Gasteiger partial charge in [0.15, 0.2) is 0 Å². The lowest BCUT2D eigenvalue weighted by atomic mass is 10.0. The molecule has 3 nitrogen and oxygen atoms in total. The lowest BCUT2D eigenvalue weighted by Crippen LogP contribution is -2.07. The van der Waals surface area contributed by atoms with Gasteiger partial charge in [-0.3, -0.25) is 4.79 Å². The van der Waals surface area contributed by atoms with Gasteiger partial charge in [0, 0.05) is 11.6 Å². The molecular weight excluding hydrogens is 175 g/mol. The summed E-state index contributed by atoms with van der Waals surface area (Å²) in [6, 6.07) is 3.28. The molecular formula is C9H9FO3. The second-order valence-electron chi connectivity index (χ2n) is 2.76. The van der Waals surface area contributed by atoms with Gasteiger partial charge in [-0.25, -0.2) is 4.39 Å². The molecule has 70 valence electrons. The van der Waals surface area contributed by atoms with E-state index < -0.39 is 17.7 Å². The number of rotatable bonds is 2. The first-order valence-electron chi connectivity index (χ1n) is 3.73. The standard InChI is InChI=1S/C9H9FO3/c1-5(9(12)13)7-3-2-6(10)4-8(7)11/h2-5,11H,1H3,(H,12,13). The largest absolute Gasteiger partial charge is 0.508 e. The Morgan fingerprint density at radius 1 is 1.54 bits per heavy atom. The maximum atomic E-state index is 12.5. The van der Waals surface area contributed by atoms with Gasteiger partial charge in [0.25, 0.3) is 0 Å². The van der Waals surface area contributed by atoms with E-state index in [1.54, 1.807) is 0 Å². The fraction of sp³-hybridized carbons (Fsp3) is 0.222. The topological polar surface area (TPSA) is 57.5 Å². The first-order chi connectivity index (χ1) is 6.02. The van der Waals surface area contributed by atoms with Crippen LogP contribution in [0.5, 0.6) is 5.75 Å². The summed E-state index contributed by atoms with van der Waals surface area (Å²) < 4.78 is 12.5. The number of carboxylic acid groups (broad SMARTS) is 1. The van der Waals surface area contributed by atoms with E-state index in [0.717, 1.165) is 12.1 Å². The Bertz CT molecular complexity index is 336. The molecule has 0 radical (unpaired) electrons. The maximum Gasteiger partial charge on any atom is 0.310 e. The van der Waals surface area contributed by atoms with Crippen molar-refractivity contribution in [1.82, 2.24) is 0 Å². The molecule has 0 saturated carbocycles. The Morgan fingerprint density at radius 2 is 2.15 bits per heavy atom. The van der Waals surface area contributed by atoms with Gasteiger partial charge < -0.3 is 10.2 Å². The second kappa shape index (κ2) is 3.43. The van der Waals surface area contributed by atoms with E-state index in [4.69, 9.17) is 5.11 Å². The monoisotopic (exact) mass is 184 g/mol. The van der Waals surface area contributed by atoms with Crippen molar-refractivity contribution >= 4 is 5.97 Å². The highest BCUT2D eigenvalue weighted by Gasteiger charge is 2.17. The van der Waals surface area contributed by atoms with E-state index in [1.807, 2.05) is 0 Å². The molecule has 4 heteroatoms. The molecule has 2 N–H and O–H groups in total. The first kappa shape index (κ1) is 9.51. The van der Waals surface area contributed by atoms with Crippen molar-refractivity contribution in [2.45, 2.75) is 12.8 Å². The average molecular weight is 184 g/mol. The minimum Gasteiger partial charge on any atom is -0.508 e. The number of benzene rings is 1. The zero-order valence-electron chi connectivity index (χ0n) is 6.99. The molecule has 0 aliphatic rings. The van der Waals surface area contributed by atoms with Gasteiger partial charge >= 0.3 is 5.97 Å². The fourth-order valence-corrected chi connectivity index (χ4v) is 1.02. The number of halogens is 1. The van der Waals surface area contributed by atoms with E-state index in [0.29, 0.717) is 0 Å². The molecule has 1 rings (SSSR count). The smallest absolute Gasteiger partial charge is 0.310 e. The Hall–Kier alpha value is -1.58. The Morgan fingerprint density at radius 3 is 2.62 bits per heavy atom. The summed E-state index contributed by atoms with van der Waals surface area (Å²) in [5.41, 5.74) is 0.217. The molecule has 1 aromatic carbocycles. The number of aromatic hydroxyl groups is 1. The van der Waals surface area contributed by atoms with Gasteiger partial charge in [-0.1, -0.05) is 6.07 Å². The van der Waals surface area contributed by atoms with Crippen molar-refractivity contribution in [2.24, 2.45) is 0 Å². The van der Waals surface area contributed by atoms with Gasteiger partial charge in [-0.05, 0) is 13.0 Å². The Kier molecular flexibility index (Phi) is 2.51. The summed E-state index contributed by atoms with van der Waals surface area (Å²) >= 11 is 0. The van der Waals surface area contributed by atoms with E-state index in [1.165, 1.54) is 13.0 Å². The molecule has 0 aromatic heterocycles. The average Bonchev–Trinajstić information content (AvgIpc) is 2.03. The zero-order chi connectivity index (χ0) is 10.0. The summed E-state index contributed by atoms with van der Waals surface area (Å²) in [6.45, 7) is 1.43. The molecule has 0 bridgehead atoms. The number of phenols is 1. The molecule has 1 unspecified atom stereocenters. The van der Waals surface area contributed by atoms with E-state index in [9.17, 15) is 14.3 Å². The van der Waals surface area contributed by atoms with Crippen molar-refractivity contribution < 1.29 is 19.4 Å². The lowest BCUT2D eigenvalue weighted by molar-refractivity contribution is -0.138. The van der Waals surface area contributed by atoms with Crippen molar-refractivity contribution in [3.8, 4) is 5.75 Å². The number of hydrogen-bond acceptors (Lipinski definition) is 2. The number of carboxylic acids is 1. The molecule has 0 fully saturated rings. The highest BCUT2D eigenvalue weighted by molar-refractivity contribution is 5.76. The van der Waals surface area contributed by atoms with Crippen LogP contribution >= 0.6 is 0 Å². The third-order valence-electron chi connectivity index (χ3n) is 1.83. The van der Waals surface area contributed by atoms with E-state index in [2.05, 4.69) is 0 Å². The third kappa shape index (κ3) is 1.96. The van der Waals surface area contributed by atoms with Crippen LogP contribution in [-0.2, 0) is 4.79 Å². The van der Waals surface area contributed by atoms with Crippen LogP contribution in [0.3, 0.4) is 0 Å². The van der Waals surface area contributed by atoms with E-state index in [-0.39, 0.29) is 11.3 Å². The highest BCUT2D eigenvalue weighted by atomic mass is 19.1. The first-order valence-corrected chi connectivity index (χ1v) is 3.73. The molecule has 0 heterocycles. The van der Waals surface area contributed by atoms with Crippen molar-refractivity contribution in [3.63, 3.8) is 0 Å². The maximum absolute atomic E-state index is 12.5. The number of carbonyl (C=O) groups is 1. The predicted octanol–water partition coefficient (Wildman–Crippen LogP) is 1.72. The SMILES string of the molecule is CC(C(=O)O)c1ccc(F)cc1O. The van der Waals surface area contributed by atoms with Crippen LogP contribution in [0.15, 0.2) is 18.2 Å². The molecule has 0 aliphatic carbocycles. The van der Waals surface area contributed by atoms with Crippen molar-refractivity contribution in [1.29, 1.82) is 0 Å². The normalized spacial score (nSPS) is 12.5. The minimum atomic E-state index is -1.05. The minimum absolute atomic E-state index is 0.217. The van der Waals surface area contributed by atoms with Crippen LogP contribution in [0, 0.1) is 5.82 Å². The zero-order valence-corrected chi connectivity index (χ0v) is 6.99. The van der Waals surface area contributed by atoms with Crippen LogP contribution in [-0.4, -0.2) is 16.2 Å². The van der Waals surface area contributed by atoms with Crippen LogP contribution in [0.4, 0.5) is 4.39 Å². The van der Waals surface area contributed by atoms with E-state index >= 15 is 0 Å². The summed E-state index contributed by atoms with van der Waals surface area (Å²) in [4.78, 5) is 10.5. The van der Waals surface area contributed by atoms with Crippen LogP contribution in [0.2, 0.25) is 0 Å². The predicted molar refractivity (Wildman–Crippen MR) is 44.1 cm³/mol. The van der Waals surface area contributed by atoms with Gasteiger partial charge in [0.2, 0.25) is 0 Å². The summed E-state index contributed by atoms with van der Waals surface area (Å²) in [7, 11) is 0. The summed E-state index contributed by atoms with van der Waals surface area (Å²) in [5, 5.41) is 17.8. The van der Waals surface area contributed by atoms with Crippen LogP contribution in [0.25, 0.3) is 0 Å². The van der Waals surface area contributed by atoms with Crippen molar-refractivity contribution in [3.05, 3.63) is 29.6 Å². The molecule has 0 aliphatic heterocycles. The summed E-state index contributed by atoms with van der Waals surface area (Å²) in [5.74, 6) is -2.80. The summed E-state index contributed by atoms with van der Waals surface area (Å²) in [6.07, 6.45) is 0. The highest BCUT2D eigenvalue weighted by Crippen LogP contribution is 2.26. The molecule has 13 heavy (non-hydrogen) atoms. The van der Waals surface area contributed by atoms with Gasteiger partial charge in [-0.15, -0.1) is 0 Å². The Balaban J connectivity index is 3.08. The number of hydrogen-bond donors (Lipinski definition) is 2. The fourth-order valence-electron chi connectivity index (χ4n) is 1.02. The molecule has 0 saturated heterocycles. The molecule has 1 aromatic rings. The van der Waals surface area contributed by atoms with Crippen molar-refractivity contribution in [2.75, 3.05) is 0 Å². The van der Waals surface area contributed by atoms with Gasteiger partial charge in [0.1, 0.15) is 11.6 Å². The quantitative estimate of drug-likeness (QED) is 0.735. The molecule has 0 spiro atoms. The molecule has 1 atom stereocenters. The van der Waals surface area contributed by atoms with Gasteiger partial charge in [-0.2, -0.15) is 0 Å².